The molecule has 0 aliphatic rings. The zero-order valence-electron chi connectivity index (χ0n) is 20.4. The molecule has 10 nitrogen and oxygen atoms in total. The molecule has 0 saturated carbocycles. The Balaban J connectivity index is 1.65. The van der Waals surface area contributed by atoms with Crippen LogP contribution < -0.4 is 20.9 Å². The number of hydrogen-bond acceptors (Lipinski definition) is 6. The fourth-order valence-electron chi connectivity index (χ4n) is 3.72. The van der Waals surface area contributed by atoms with Crippen molar-refractivity contribution in [2.24, 2.45) is 0 Å². The van der Waals surface area contributed by atoms with E-state index < -0.39 is 29.5 Å². The lowest BCUT2D eigenvalue weighted by molar-refractivity contribution is -0.123. The van der Waals surface area contributed by atoms with E-state index >= 15 is 4.39 Å². The predicted octanol–water partition coefficient (Wildman–Crippen LogP) is 4.41. The monoisotopic (exact) mass is 576 g/mol. The lowest BCUT2D eigenvalue weighted by Crippen LogP contribution is -2.30. The first-order valence-electron chi connectivity index (χ1n) is 11.3. The molecule has 14 heteroatoms. The molecule has 0 spiro atoms. The second-order valence-electron chi connectivity index (χ2n) is 8.03. The summed E-state index contributed by atoms with van der Waals surface area (Å²) in [5, 5.41) is 12.8. The maximum Gasteiger partial charge on any atom is 0.280 e. The number of amides is 2. The van der Waals surface area contributed by atoms with E-state index in [2.05, 4.69) is 20.9 Å². The van der Waals surface area contributed by atoms with Crippen molar-refractivity contribution >= 4 is 40.7 Å². The minimum Gasteiger partial charge on any atom is -0.495 e. The topological polar surface area (TPSA) is 120 Å². The second-order valence-corrected chi connectivity index (χ2v) is 8.85. The van der Waals surface area contributed by atoms with Crippen LogP contribution in [0.5, 0.6) is 5.75 Å². The summed E-state index contributed by atoms with van der Waals surface area (Å²) in [7, 11) is 1.30. The molecule has 0 saturated heterocycles. The van der Waals surface area contributed by atoms with E-state index in [-0.39, 0.29) is 27.7 Å². The molecule has 0 aliphatic heterocycles. The zero-order valence-corrected chi connectivity index (χ0v) is 21.9. The van der Waals surface area contributed by atoms with Crippen LogP contribution in [0.2, 0.25) is 10.2 Å². The lowest BCUT2D eigenvalue weighted by atomic mass is 10.0. The number of rotatable bonds is 8. The zero-order chi connectivity index (χ0) is 28.3. The number of pyridine rings is 1. The van der Waals surface area contributed by atoms with Gasteiger partial charge >= 0.3 is 0 Å². The van der Waals surface area contributed by atoms with Crippen molar-refractivity contribution in [1.29, 1.82) is 0 Å². The molecule has 2 heterocycles. The highest BCUT2D eigenvalue weighted by molar-refractivity contribution is 6.31. The summed E-state index contributed by atoms with van der Waals surface area (Å²) in [4.78, 5) is 37.4. The number of carbonyl (C=O) groups excluding carboxylic acids is 2. The molecule has 2 aromatic carbocycles. The van der Waals surface area contributed by atoms with Crippen molar-refractivity contribution in [3.05, 3.63) is 86.8 Å². The fraction of sp³-hybridized carbons (Fsp3) is 0.160. The normalized spacial score (nSPS) is 11.6. The van der Waals surface area contributed by atoms with Crippen LogP contribution in [0.1, 0.15) is 23.6 Å². The summed E-state index contributed by atoms with van der Waals surface area (Å²) >= 11 is 12.1. The molecule has 0 aliphatic carbocycles. The van der Waals surface area contributed by atoms with Crippen molar-refractivity contribution < 1.29 is 23.1 Å². The van der Waals surface area contributed by atoms with E-state index in [4.69, 9.17) is 27.9 Å². The highest BCUT2D eigenvalue weighted by atomic mass is 35.5. The van der Waals surface area contributed by atoms with Gasteiger partial charge < -0.3 is 15.4 Å². The molecule has 2 amide bonds. The quantitative estimate of drug-likeness (QED) is 0.320. The first-order chi connectivity index (χ1) is 18.6. The molecule has 39 heavy (non-hydrogen) atoms. The Labute approximate surface area is 230 Å². The van der Waals surface area contributed by atoms with Crippen LogP contribution >= 0.6 is 23.2 Å². The number of anilines is 1. The summed E-state index contributed by atoms with van der Waals surface area (Å²) in [6, 6.07) is 9.10. The van der Waals surface area contributed by atoms with Gasteiger partial charge in [0.1, 0.15) is 11.6 Å². The van der Waals surface area contributed by atoms with Gasteiger partial charge in [-0.3, -0.25) is 19.0 Å². The maximum atomic E-state index is 15.2. The molecular formula is C25H20Cl2F2N6O4. The highest BCUT2D eigenvalue weighted by Crippen LogP contribution is 2.35. The largest absolute Gasteiger partial charge is 0.495 e. The number of aromatic nitrogens is 4. The fourth-order valence-corrected chi connectivity index (χ4v) is 4.02. The molecule has 0 fully saturated rings. The molecular weight excluding hydrogens is 557 g/mol. The van der Waals surface area contributed by atoms with E-state index in [1.807, 2.05) is 0 Å². The molecule has 2 N–H and O–H groups in total. The maximum absolute atomic E-state index is 15.2. The minimum atomic E-state index is -2.50. The molecule has 4 aromatic rings. The SMILES string of the molecule is CCNC(=O)c1ccc(NC(=O)C(F)n2cc(OC)c(-c3cc(Cl)ccc3-n3cc(Cl)nn3)cc2=O)cc1F. The number of nitrogens with one attached hydrogen (secondary N) is 2. The average Bonchev–Trinajstić information content (AvgIpc) is 3.34. The van der Waals surface area contributed by atoms with Crippen LogP contribution in [-0.4, -0.2) is 45.0 Å². The van der Waals surface area contributed by atoms with Gasteiger partial charge in [0, 0.05) is 34.4 Å². The molecule has 0 radical (unpaired) electrons. The van der Waals surface area contributed by atoms with Gasteiger partial charge in [-0.25, -0.2) is 13.5 Å². The van der Waals surface area contributed by atoms with Gasteiger partial charge in [-0.1, -0.05) is 28.4 Å². The Morgan fingerprint density at radius 3 is 2.51 bits per heavy atom. The first kappa shape index (κ1) is 27.7. The van der Waals surface area contributed by atoms with Gasteiger partial charge in [0.2, 0.25) is 0 Å². The molecule has 1 atom stereocenters. The van der Waals surface area contributed by atoms with Crippen molar-refractivity contribution in [3.8, 4) is 22.6 Å². The van der Waals surface area contributed by atoms with Crippen molar-refractivity contribution in [3.63, 3.8) is 0 Å². The number of ether oxygens (including phenoxy) is 1. The number of nitrogens with zero attached hydrogens (tertiary/aromatic N) is 4. The third-order valence-corrected chi connectivity index (χ3v) is 5.91. The summed E-state index contributed by atoms with van der Waals surface area (Å²) in [5.74, 6) is -2.76. The average molecular weight is 577 g/mol. The smallest absolute Gasteiger partial charge is 0.280 e. The molecule has 1 unspecified atom stereocenters. The van der Waals surface area contributed by atoms with Crippen LogP contribution in [0.15, 0.2) is 59.7 Å². The number of hydrogen-bond donors (Lipinski definition) is 2. The minimum absolute atomic E-state index is 0.0390. The Hall–Kier alpha value is -4.29. The van der Waals surface area contributed by atoms with Crippen LogP contribution in [-0.2, 0) is 4.79 Å². The van der Waals surface area contributed by atoms with Gasteiger partial charge in [-0.15, -0.1) is 5.10 Å². The van der Waals surface area contributed by atoms with E-state index in [0.29, 0.717) is 27.4 Å². The molecule has 202 valence electrons. The van der Waals surface area contributed by atoms with E-state index in [1.165, 1.54) is 24.1 Å². The van der Waals surface area contributed by atoms with Gasteiger partial charge in [-0.05, 0) is 43.3 Å². The summed E-state index contributed by atoms with van der Waals surface area (Å²) < 4.78 is 36.8. The predicted molar refractivity (Wildman–Crippen MR) is 141 cm³/mol. The Morgan fingerprint density at radius 1 is 1.10 bits per heavy atom. The van der Waals surface area contributed by atoms with Crippen LogP contribution in [0.25, 0.3) is 16.8 Å². The van der Waals surface area contributed by atoms with Crippen molar-refractivity contribution in [1.82, 2.24) is 24.9 Å². The second kappa shape index (κ2) is 11.6. The number of halogens is 4. The van der Waals surface area contributed by atoms with Crippen LogP contribution in [0, 0.1) is 5.82 Å². The van der Waals surface area contributed by atoms with Gasteiger partial charge in [0.25, 0.3) is 23.7 Å². The number of carbonyl (C=O) groups is 2. The number of alkyl halides is 1. The number of methoxy groups -OCH3 is 1. The molecule has 2 aromatic heterocycles. The Morgan fingerprint density at radius 2 is 1.87 bits per heavy atom. The summed E-state index contributed by atoms with van der Waals surface area (Å²) in [6.07, 6.45) is -0.0330. The van der Waals surface area contributed by atoms with Gasteiger partial charge in [-0.2, -0.15) is 0 Å². The summed E-state index contributed by atoms with van der Waals surface area (Å²) in [5.41, 5.74) is -0.154. The number of benzene rings is 2. The van der Waals surface area contributed by atoms with Crippen LogP contribution in [0.4, 0.5) is 14.5 Å². The van der Waals surface area contributed by atoms with E-state index in [0.717, 1.165) is 24.4 Å². The molecule has 0 bridgehead atoms. The van der Waals surface area contributed by atoms with E-state index in [1.54, 1.807) is 25.1 Å². The van der Waals surface area contributed by atoms with Gasteiger partial charge in [0.05, 0.1) is 30.8 Å². The lowest BCUT2D eigenvalue weighted by Gasteiger charge is -2.17. The molecule has 4 rings (SSSR count). The highest BCUT2D eigenvalue weighted by Gasteiger charge is 2.24. The Kier molecular flexibility index (Phi) is 8.27. The van der Waals surface area contributed by atoms with Crippen molar-refractivity contribution in [2.45, 2.75) is 13.2 Å². The first-order valence-corrected chi connectivity index (χ1v) is 12.1. The third-order valence-electron chi connectivity index (χ3n) is 5.50. The van der Waals surface area contributed by atoms with Crippen molar-refractivity contribution in [2.75, 3.05) is 19.0 Å². The third kappa shape index (κ3) is 5.91. The van der Waals surface area contributed by atoms with Crippen LogP contribution in [0.3, 0.4) is 0 Å². The standard InChI is InChI=1S/C25H20Cl2F2N6O4/c1-3-30-24(37)15-6-5-14(9-18(15)28)31-25(38)23(29)34-11-20(39-2)17(10-22(34)36)16-8-13(26)4-7-19(16)35-12-21(27)32-33-35/h4-12,23H,3H2,1-2H3,(H,30,37)(H,31,38). The summed E-state index contributed by atoms with van der Waals surface area (Å²) in [6.45, 7) is 1.97. The van der Waals surface area contributed by atoms with Gasteiger partial charge in [0.15, 0.2) is 5.15 Å². The Bertz CT molecular complexity index is 1620. The van der Waals surface area contributed by atoms with E-state index in [9.17, 15) is 18.8 Å².